The van der Waals surface area contributed by atoms with E-state index in [1.807, 2.05) is 0 Å². The van der Waals surface area contributed by atoms with Crippen molar-refractivity contribution in [2.24, 2.45) is 0 Å². The molecular formula is C26H32N4O4S. The predicted octanol–water partition coefficient (Wildman–Crippen LogP) is 3.90. The van der Waals surface area contributed by atoms with Gasteiger partial charge in [-0.15, -0.1) is 0 Å². The van der Waals surface area contributed by atoms with Crippen LogP contribution in [0.25, 0.3) is 22.5 Å². The highest BCUT2D eigenvalue weighted by molar-refractivity contribution is 7.89. The van der Waals surface area contributed by atoms with E-state index in [2.05, 4.69) is 9.97 Å². The maximum Gasteiger partial charge on any atom is 0.259 e. The summed E-state index contributed by atoms with van der Waals surface area (Å²) in [6.07, 6.45) is -3.11. The lowest BCUT2D eigenvalue weighted by Crippen LogP contribution is -2.33. The summed E-state index contributed by atoms with van der Waals surface area (Å²) in [5, 5.41) is 0. The molecule has 0 bridgehead atoms. The van der Waals surface area contributed by atoms with Crippen molar-refractivity contribution in [2.75, 3.05) is 30.8 Å². The van der Waals surface area contributed by atoms with Gasteiger partial charge in [0, 0.05) is 44.0 Å². The summed E-state index contributed by atoms with van der Waals surface area (Å²) < 4.78 is 137. The number of sulfonamides is 1. The lowest BCUT2D eigenvalue weighted by atomic mass is 10.0. The monoisotopic (exact) mass is 509 g/mol. The largest absolute Gasteiger partial charge is 0.372 e. The van der Waals surface area contributed by atoms with E-state index in [1.54, 1.807) is 60.7 Å². The molecule has 0 saturated heterocycles. The van der Waals surface area contributed by atoms with E-state index in [0.29, 0.717) is 17.4 Å². The van der Waals surface area contributed by atoms with Crippen molar-refractivity contribution >= 4 is 21.7 Å². The number of carbonyl (C=O) groups excluding carboxylic acids is 1. The number of rotatable bonds is 12. The van der Waals surface area contributed by atoms with Crippen molar-refractivity contribution in [3.8, 4) is 22.5 Å². The molecule has 0 aliphatic carbocycles. The molecule has 3 rings (SSSR count). The van der Waals surface area contributed by atoms with Crippen LogP contribution >= 0.6 is 0 Å². The second-order valence-corrected chi connectivity index (χ2v) is 8.78. The van der Waals surface area contributed by atoms with E-state index in [0.717, 1.165) is 6.20 Å². The maximum atomic E-state index is 12.0. The number of nitrogens with zero attached hydrogens (tertiary/aromatic N) is 3. The van der Waals surface area contributed by atoms with Crippen LogP contribution in [0.1, 0.15) is 44.3 Å². The third-order valence-electron chi connectivity index (χ3n) is 4.27. The quantitative estimate of drug-likeness (QED) is 0.395. The van der Waals surface area contributed by atoms with Crippen LogP contribution in [-0.2, 0) is 19.6 Å². The Morgan fingerprint density at radius 1 is 1.11 bits per heavy atom. The highest BCUT2D eigenvalue weighted by atomic mass is 32.2. The number of amides is 1. The lowest BCUT2D eigenvalue weighted by molar-refractivity contribution is -0.123. The summed E-state index contributed by atoms with van der Waals surface area (Å²) in [6.45, 7) is -15.8. The van der Waals surface area contributed by atoms with Crippen LogP contribution in [-0.4, -0.2) is 56.2 Å². The summed E-state index contributed by atoms with van der Waals surface area (Å²) in [5.74, 6) is -2.58. The van der Waals surface area contributed by atoms with Gasteiger partial charge in [-0.05, 0) is 26.5 Å². The van der Waals surface area contributed by atoms with E-state index in [1.165, 1.54) is 4.72 Å². The van der Waals surface area contributed by atoms with Crippen molar-refractivity contribution in [2.45, 2.75) is 32.5 Å². The smallest absolute Gasteiger partial charge is 0.259 e. The lowest BCUT2D eigenvalue weighted by Gasteiger charge is -2.28. The van der Waals surface area contributed by atoms with Gasteiger partial charge in [0.15, 0.2) is 0 Å². The fourth-order valence-electron chi connectivity index (χ4n) is 2.86. The molecule has 0 aliphatic heterocycles. The molecule has 2 aromatic carbocycles. The predicted molar refractivity (Wildman–Crippen MR) is 138 cm³/mol. The topological polar surface area (TPSA) is 101 Å². The van der Waals surface area contributed by atoms with Crippen LogP contribution in [0.5, 0.6) is 0 Å². The number of hydrogen-bond acceptors (Lipinski definition) is 7. The van der Waals surface area contributed by atoms with Crippen LogP contribution in [0.15, 0.2) is 66.9 Å². The van der Waals surface area contributed by atoms with Crippen LogP contribution in [0.2, 0.25) is 0 Å². The zero-order valence-electron chi connectivity index (χ0n) is 31.6. The molecule has 9 heteroatoms. The molecule has 0 saturated carbocycles. The van der Waals surface area contributed by atoms with Gasteiger partial charge in [0.25, 0.3) is 5.91 Å². The number of aromatic nitrogens is 2. The Balaban J connectivity index is 2.22. The first-order valence-electron chi connectivity index (χ1n) is 16.7. The van der Waals surface area contributed by atoms with Gasteiger partial charge < -0.3 is 9.64 Å². The van der Waals surface area contributed by atoms with E-state index >= 15 is 0 Å². The van der Waals surface area contributed by atoms with Gasteiger partial charge in [-0.3, -0.25) is 14.5 Å². The fraction of sp³-hybridized carbons (Fsp3) is 0.346. The minimum absolute atomic E-state index is 0.0208. The van der Waals surface area contributed by atoms with Gasteiger partial charge in [0.1, 0.15) is 12.4 Å². The molecule has 186 valence electrons. The summed E-state index contributed by atoms with van der Waals surface area (Å²) in [7, 11) is -4.21. The SMILES string of the molecule is [2H]C([2H])(OCCC([2H])([2H])C([2H])([2H])N(c1cnc(-c2ccccc2)c(-c2ccccc2)n1)C([2H])(C([2H])([2H])[2H])C([2H])([2H])[2H])C(=O)NS(C)(=O)=O. The van der Waals surface area contributed by atoms with E-state index < -0.39 is 73.9 Å². The molecule has 3 aromatic rings. The van der Waals surface area contributed by atoms with Crippen molar-refractivity contribution in [1.82, 2.24) is 14.7 Å². The van der Waals surface area contributed by atoms with Crippen LogP contribution < -0.4 is 9.62 Å². The van der Waals surface area contributed by atoms with E-state index in [-0.39, 0.29) is 16.3 Å². The first kappa shape index (κ1) is 13.7. The maximum absolute atomic E-state index is 12.0. The first-order valence-corrected chi connectivity index (χ1v) is 12.1. The number of anilines is 1. The minimum Gasteiger partial charge on any atom is -0.372 e. The van der Waals surface area contributed by atoms with Gasteiger partial charge >= 0.3 is 0 Å². The number of benzene rings is 2. The summed E-state index contributed by atoms with van der Waals surface area (Å²) in [6, 6.07) is 12.8. The molecule has 0 aliphatic rings. The molecular weight excluding hydrogens is 464 g/mol. The molecule has 1 amide bonds. The van der Waals surface area contributed by atoms with E-state index in [9.17, 15) is 13.2 Å². The first-order chi connectivity index (χ1) is 21.8. The van der Waals surface area contributed by atoms with Crippen molar-refractivity contribution in [1.29, 1.82) is 0 Å². The molecule has 1 aromatic heterocycles. The molecule has 0 fully saturated rings. The normalized spacial score (nSPS) is 19.2. The van der Waals surface area contributed by atoms with Gasteiger partial charge in [-0.25, -0.2) is 13.4 Å². The third-order valence-corrected chi connectivity index (χ3v) is 4.83. The average molecular weight is 510 g/mol. The number of ether oxygens (including phenoxy) is 1. The van der Waals surface area contributed by atoms with Gasteiger partial charge in [-0.2, -0.15) is 0 Å². The van der Waals surface area contributed by atoms with Crippen LogP contribution in [0.4, 0.5) is 5.82 Å². The van der Waals surface area contributed by atoms with E-state index in [4.69, 9.17) is 22.6 Å². The minimum atomic E-state index is -4.21. The zero-order chi connectivity index (χ0) is 36.6. The Bertz CT molecular complexity index is 1690. The van der Waals surface area contributed by atoms with Crippen LogP contribution in [0.3, 0.4) is 0 Å². The standard InChI is InChI=1S/C26H32N4O4S/c1-20(2)30(16-10-11-17-34-19-24(31)29-35(3,32)33)23-18-27-25(21-12-6-4-7-13-21)26(28-23)22-14-8-5-9-15-22/h4-9,12-15,18,20H,10-11,16-17,19H2,1-3H3,(H,29,31)/i1D3,2D3,10D2,16D2,19D2,20D. The summed E-state index contributed by atoms with van der Waals surface area (Å²) >= 11 is 0. The average Bonchev–Trinajstić information content (AvgIpc) is 2.95. The third kappa shape index (κ3) is 8.15. The fourth-order valence-corrected chi connectivity index (χ4v) is 3.24. The molecule has 1 N–H and O–H groups in total. The highest BCUT2D eigenvalue weighted by Gasteiger charge is 2.17. The molecule has 0 spiro atoms. The van der Waals surface area contributed by atoms with Crippen molar-refractivity contribution < 1.29 is 35.8 Å². The Kier molecular flexibility index (Phi) is 4.86. The molecule has 0 unspecified atom stereocenters. The molecule has 0 radical (unpaired) electrons. The second kappa shape index (κ2) is 12.4. The van der Waals surface area contributed by atoms with Crippen LogP contribution in [0, 0.1) is 0 Å². The molecule has 35 heavy (non-hydrogen) atoms. The number of nitrogens with one attached hydrogen (secondary N) is 1. The number of carbonyl (C=O) groups is 1. The van der Waals surface area contributed by atoms with Crippen molar-refractivity contribution in [3.05, 3.63) is 66.9 Å². The molecule has 1 heterocycles. The van der Waals surface area contributed by atoms with Gasteiger partial charge in [0.05, 0.1) is 28.0 Å². The van der Waals surface area contributed by atoms with Gasteiger partial charge in [-0.1, -0.05) is 60.7 Å². The van der Waals surface area contributed by atoms with Crippen molar-refractivity contribution in [3.63, 3.8) is 0 Å². The number of hydrogen-bond donors (Lipinski definition) is 1. The Hall–Kier alpha value is -3.30. The Labute approximate surface area is 225 Å². The summed E-state index contributed by atoms with van der Waals surface area (Å²) in [4.78, 5) is 20.7. The second-order valence-electron chi connectivity index (χ2n) is 7.03. The summed E-state index contributed by atoms with van der Waals surface area (Å²) in [5.41, 5.74) is 1.15. The van der Waals surface area contributed by atoms with Gasteiger partial charge in [0.2, 0.25) is 10.0 Å². The highest BCUT2D eigenvalue weighted by Crippen LogP contribution is 2.30. The molecule has 8 nitrogen and oxygen atoms in total. The Morgan fingerprint density at radius 3 is 2.34 bits per heavy atom. The zero-order valence-corrected chi connectivity index (χ0v) is 19.5. The Morgan fingerprint density at radius 2 is 1.74 bits per heavy atom. The molecule has 0 atom stereocenters.